The highest BCUT2D eigenvalue weighted by Gasteiger charge is 2.27. The Kier molecular flexibility index (Phi) is 46.7. The van der Waals surface area contributed by atoms with Gasteiger partial charge in [-0.1, -0.05) is 197 Å². The first kappa shape index (κ1) is 65.7. The fraction of sp³-hybridized carbons (Fsp3) is 0.793. The molecule has 1 N–H and O–H groups in total. The minimum Gasteiger partial charge on any atom is -0.756 e. The fourth-order valence-corrected chi connectivity index (χ4v) is 8.48. The van der Waals surface area contributed by atoms with Gasteiger partial charge in [0, 0.05) is 12.8 Å². The van der Waals surface area contributed by atoms with Crippen molar-refractivity contribution in [3.8, 4) is 0 Å². The Morgan fingerprint density at radius 3 is 1.40 bits per heavy atom. The summed E-state index contributed by atoms with van der Waals surface area (Å²) < 4.78 is 30.2. The van der Waals surface area contributed by atoms with E-state index in [1.807, 2.05) is 33.3 Å². The molecule has 68 heavy (non-hydrogen) atoms. The van der Waals surface area contributed by atoms with Crippen molar-refractivity contribution in [2.24, 2.45) is 0 Å². The third kappa shape index (κ3) is 48.7. The molecule has 0 fully saturated rings. The first-order chi connectivity index (χ1) is 32.9. The molecule has 0 bridgehead atoms. The number of rotatable bonds is 50. The summed E-state index contributed by atoms with van der Waals surface area (Å²) in [6.07, 6.45) is 58.9. The summed E-state index contributed by atoms with van der Waals surface area (Å²) in [5, 5.41) is 3.00. The average Bonchev–Trinajstić information content (AvgIpc) is 3.29. The molecule has 9 nitrogen and oxygen atoms in total. The summed E-state index contributed by atoms with van der Waals surface area (Å²) in [4.78, 5) is 39.8. The average molecular weight is 975 g/mol. The summed E-state index contributed by atoms with van der Waals surface area (Å²) in [6, 6.07) is -0.904. The number of quaternary nitrogens is 1. The minimum atomic E-state index is -4.70. The minimum absolute atomic E-state index is 0.0301. The van der Waals surface area contributed by atoms with E-state index in [-0.39, 0.29) is 24.9 Å². The summed E-state index contributed by atoms with van der Waals surface area (Å²) in [6.45, 7) is 6.77. The lowest BCUT2D eigenvalue weighted by atomic mass is 10.1. The van der Waals surface area contributed by atoms with Gasteiger partial charge in [-0.15, -0.1) is 0 Å². The summed E-state index contributed by atoms with van der Waals surface area (Å²) in [5.41, 5.74) is 0. The van der Waals surface area contributed by atoms with Crippen molar-refractivity contribution in [3.05, 3.63) is 60.8 Å². The quantitative estimate of drug-likeness (QED) is 0.0212. The Bertz CT molecular complexity index is 1350. The van der Waals surface area contributed by atoms with Crippen molar-refractivity contribution in [2.45, 2.75) is 258 Å². The number of amides is 1. The van der Waals surface area contributed by atoms with Crippen molar-refractivity contribution in [1.82, 2.24) is 5.32 Å². The maximum atomic E-state index is 13.4. The largest absolute Gasteiger partial charge is 0.756 e. The molecule has 0 rings (SSSR count). The zero-order chi connectivity index (χ0) is 50.1. The molecule has 0 saturated carbocycles. The van der Waals surface area contributed by atoms with E-state index in [9.17, 15) is 19.0 Å². The van der Waals surface area contributed by atoms with E-state index in [1.54, 1.807) is 0 Å². The topological polar surface area (TPSA) is 114 Å². The van der Waals surface area contributed by atoms with Crippen LogP contribution in [0.25, 0.3) is 0 Å². The highest BCUT2D eigenvalue weighted by atomic mass is 31.2. The van der Waals surface area contributed by atoms with E-state index in [2.05, 4.69) is 74.7 Å². The van der Waals surface area contributed by atoms with Crippen molar-refractivity contribution in [1.29, 1.82) is 0 Å². The van der Waals surface area contributed by atoms with Crippen LogP contribution in [0.5, 0.6) is 0 Å². The third-order valence-corrected chi connectivity index (χ3v) is 13.1. The standard InChI is InChI=1S/C58H107N2O7P/c1-7-10-13-16-19-22-25-28-29-30-31-33-36-39-42-45-48-51-58(62)67-56(49-46-43-40-37-34-27-24-21-18-15-12-9-3)55(54-66-68(63,64)65-53-52-60(4,5)6)59-57(61)50-47-44-41-38-35-32-26-23-20-17-14-11-8-2/h19,22,28-29,31-33,35,46,49,55-56H,7-18,20-21,23-27,30,34,36-45,47-48,50-54H2,1-6H3,(H-,59,61,63,64)/b22-19-,29-28-,33-31-,35-32-,49-46+. The van der Waals surface area contributed by atoms with E-state index < -0.39 is 26.6 Å². The Morgan fingerprint density at radius 1 is 0.515 bits per heavy atom. The van der Waals surface area contributed by atoms with Gasteiger partial charge in [0.05, 0.1) is 33.8 Å². The number of phosphoric ester groups is 1. The number of likely N-dealkylation sites (N-methyl/N-ethyl adjacent to an activating group) is 1. The van der Waals surface area contributed by atoms with Gasteiger partial charge < -0.3 is 28.5 Å². The van der Waals surface area contributed by atoms with E-state index in [0.717, 1.165) is 83.5 Å². The Balaban J connectivity index is 5.43. The number of nitrogens with one attached hydrogen (secondary N) is 1. The van der Waals surface area contributed by atoms with Gasteiger partial charge in [-0.2, -0.15) is 0 Å². The highest BCUT2D eigenvalue weighted by molar-refractivity contribution is 7.45. The predicted molar refractivity (Wildman–Crippen MR) is 289 cm³/mol. The van der Waals surface area contributed by atoms with Crippen LogP contribution in [-0.4, -0.2) is 69.4 Å². The summed E-state index contributed by atoms with van der Waals surface area (Å²) in [7, 11) is 1.16. The molecule has 0 aromatic heterocycles. The maximum Gasteiger partial charge on any atom is 0.306 e. The van der Waals surface area contributed by atoms with Gasteiger partial charge in [0.25, 0.3) is 7.82 Å². The smallest absolute Gasteiger partial charge is 0.306 e. The molecule has 1 amide bonds. The lowest BCUT2D eigenvalue weighted by molar-refractivity contribution is -0.870. The number of phosphoric acid groups is 1. The predicted octanol–water partition coefficient (Wildman–Crippen LogP) is 16.1. The number of hydrogen-bond acceptors (Lipinski definition) is 7. The number of ether oxygens (including phenoxy) is 1. The molecule has 3 unspecified atom stereocenters. The number of hydrogen-bond donors (Lipinski definition) is 1. The summed E-state index contributed by atoms with van der Waals surface area (Å²) in [5.74, 6) is -0.585. The van der Waals surface area contributed by atoms with Gasteiger partial charge in [-0.25, -0.2) is 0 Å². The van der Waals surface area contributed by atoms with Crippen molar-refractivity contribution in [3.63, 3.8) is 0 Å². The molecular formula is C58H107N2O7P. The molecule has 0 heterocycles. The van der Waals surface area contributed by atoms with Crippen LogP contribution in [0.3, 0.4) is 0 Å². The van der Waals surface area contributed by atoms with Crippen LogP contribution in [0.1, 0.15) is 245 Å². The van der Waals surface area contributed by atoms with Gasteiger partial charge in [-0.05, 0) is 96.0 Å². The lowest BCUT2D eigenvalue weighted by Gasteiger charge is -2.30. The van der Waals surface area contributed by atoms with E-state index in [0.29, 0.717) is 30.3 Å². The molecule has 0 aliphatic heterocycles. The zero-order valence-corrected chi connectivity index (χ0v) is 45.9. The van der Waals surface area contributed by atoms with Gasteiger partial charge >= 0.3 is 5.97 Å². The van der Waals surface area contributed by atoms with Crippen LogP contribution >= 0.6 is 7.82 Å². The number of carbonyl (C=O) groups is 2. The normalized spacial score (nSPS) is 14.3. The van der Waals surface area contributed by atoms with Crippen molar-refractivity contribution < 1.29 is 37.3 Å². The second-order valence-corrected chi connectivity index (χ2v) is 21.5. The Labute approximate surface area is 420 Å². The molecule has 0 aliphatic rings. The van der Waals surface area contributed by atoms with E-state index in [4.69, 9.17) is 13.8 Å². The molecule has 0 saturated heterocycles. The molecule has 0 aliphatic carbocycles. The lowest BCUT2D eigenvalue weighted by Crippen LogP contribution is -2.47. The van der Waals surface area contributed by atoms with E-state index >= 15 is 0 Å². The number of allylic oxidation sites excluding steroid dienone is 9. The van der Waals surface area contributed by atoms with Crippen molar-refractivity contribution in [2.75, 3.05) is 40.9 Å². The van der Waals surface area contributed by atoms with Gasteiger partial charge in [-0.3, -0.25) is 14.2 Å². The van der Waals surface area contributed by atoms with Crippen LogP contribution in [0.15, 0.2) is 60.8 Å². The monoisotopic (exact) mass is 975 g/mol. The molecule has 3 atom stereocenters. The number of nitrogens with zero attached hydrogens (tertiary/aromatic N) is 1. The fourth-order valence-electron chi connectivity index (χ4n) is 7.76. The second-order valence-electron chi connectivity index (χ2n) is 20.1. The molecule has 10 heteroatoms. The van der Waals surface area contributed by atoms with Crippen LogP contribution in [0, 0.1) is 0 Å². The molecule has 0 aromatic rings. The zero-order valence-electron chi connectivity index (χ0n) is 45.1. The first-order valence-electron chi connectivity index (χ1n) is 28.1. The van der Waals surface area contributed by atoms with Gasteiger partial charge in [0.1, 0.15) is 19.3 Å². The first-order valence-corrected chi connectivity index (χ1v) is 29.6. The summed E-state index contributed by atoms with van der Waals surface area (Å²) >= 11 is 0. The van der Waals surface area contributed by atoms with Crippen LogP contribution in [0.2, 0.25) is 0 Å². The second kappa shape index (κ2) is 48.3. The molecule has 0 aromatic carbocycles. The number of carbonyl (C=O) groups excluding carboxylic acids is 2. The SMILES string of the molecule is CCCCC/C=C\C/C=C\C/C=C\CCCCCCC(=O)OC(/C=C/CCCCCCCCCCCC)C(COP(=O)([O-])OCC[N+](C)(C)C)NC(=O)CCCCC/C=C\CCCCCCCC. The third-order valence-electron chi connectivity index (χ3n) is 12.2. The van der Waals surface area contributed by atoms with Crippen LogP contribution in [-0.2, 0) is 27.9 Å². The maximum absolute atomic E-state index is 13.4. The number of esters is 1. The molecule has 0 spiro atoms. The highest BCUT2D eigenvalue weighted by Crippen LogP contribution is 2.38. The Hall–Kier alpha value is -2.29. The van der Waals surface area contributed by atoms with Gasteiger partial charge in [0.15, 0.2) is 0 Å². The molecular weight excluding hydrogens is 868 g/mol. The van der Waals surface area contributed by atoms with Gasteiger partial charge in [0.2, 0.25) is 5.91 Å². The Morgan fingerprint density at radius 2 is 0.897 bits per heavy atom. The molecule has 0 radical (unpaired) electrons. The van der Waals surface area contributed by atoms with Crippen LogP contribution < -0.4 is 10.2 Å². The van der Waals surface area contributed by atoms with Crippen LogP contribution in [0.4, 0.5) is 0 Å². The van der Waals surface area contributed by atoms with Crippen molar-refractivity contribution >= 4 is 19.7 Å². The number of unbranched alkanes of at least 4 members (excludes halogenated alkanes) is 26. The van der Waals surface area contributed by atoms with E-state index in [1.165, 1.54) is 116 Å². The molecule has 396 valence electrons.